The number of rotatable bonds is 3. The van der Waals surface area contributed by atoms with Crippen molar-refractivity contribution in [1.29, 1.82) is 0 Å². The largest absolute Gasteiger partial charge is 0.443 e. The van der Waals surface area contributed by atoms with E-state index in [-0.39, 0.29) is 42.1 Å². The maximum atomic E-state index is 12.5. The van der Waals surface area contributed by atoms with Gasteiger partial charge in [0.05, 0.1) is 22.9 Å². The van der Waals surface area contributed by atoms with Gasteiger partial charge < -0.3 is 4.74 Å². The van der Waals surface area contributed by atoms with Crippen molar-refractivity contribution in [2.24, 2.45) is 11.8 Å². The maximum Gasteiger partial charge on any atom is 0.429 e. The summed E-state index contributed by atoms with van der Waals surface area (Å²) in [5.41, 5.74) is 1.83. The molecule has 1 aromatic carbocycles. The van der Waals surface area contributed by atoms with Crippen LogP contribution < -0.4 is 0 Å². The smallest absolute Gasteiger partial charge is 0.429 e. The molecule has 1 aliphatic carbocycles. The first kappa shape index (κ1) is 15.6. The second-order valence-corrected chi connectivity index (χ2v) is 6.71. The summed E-state index contributed by atoms with van der Waals surface area (Å²) in [7, 11) is 0. The van der Waals surface area contributed by atoms with Gasteiger partial charge in [-0.25, -0.2) is 14.8 Å². The molecule has 0 bridgehead atoms. The minimum atomic E-state index is -0.570. The number of hydrazine groups is 1. The number of nitro benzene ring substituents is 1. The fraction of sp³-hybridized carbons (Fsp3) is 0.412. The lowest BCUT2D eigenvalue weighted by Crippen LogP contribution is -2.63. The van der Waals surface area contributed by atoms with E-state index in [1.807, 2.05) is 19.9 Å². The van der Waals surface area contributed by atoms with E-state index in [4.69, 9.17) is 4.74 Å². The number of benzene rings is 1. The van der Waals surface area contributed by atoms with E-state index in [0.29, 0.717) is 5.56 Å². The molecule has 8 heteroatoms. The number of β-lactam (4-membered cyclic amide) rings is 1. The number of ether oxygens (including phenoxy) is 1. The maximum absolute atomic E-state index is 12.5. The molecule has 130 valence electrons. The predicted molar refractivity (Wildman–Crippen MR) is 86.0 cm³/mol. The van der Waals surface area contributed by atoms with Gasteiger partial charge in [0.2, 0.25) is 5.91 Å². The average Bonchev–Trinajstić information content (AvgIpc) is 2.86. The molecule has 8 nitrogen and oxygen atoms in total. The molecule has 0 spiro atoms. The molecule has 0 unspecified atom stereocenters. The normalized spacial score (nSPS) is 29.2. The number of non-ortho nitro benzene ring substituents is 1. The van der Waals surface area contributed by atoms with E-state index in [1.165, 1.54) is 27.7 Å². The zero-order valence-corrected chi connectivity index (χ0v) is 13.8. The second kappa shape index (κ2) is 5.30. The van der Waals surface area contributed by atoms with Crippen LogP contribution in [0.1, 0.15) is 19.4 Å². The average molecular weight is 343 g/mol. The van der Waals surface area contributed by atoms with E-state index >= 15 is 0 Å². The van der Waals surface area contributed by atoms with Crippen LogP contribution in [0.5, 0.6) is 0 Å². The summed E-state index contributed by atoms with van der Waals surface area (Å²) in [5.74, 6) is 0.0520. The number of carbonyl (C=O) groups is 2. The first-order chi connectivity index (χ1) is 11.9. The number of hydrogen-bond donors (Lipinski definition) is 0. The van der Waals surface area contributed by atoms with Crippen molar-refractivity contribution >= 4 is 17.7 Å². The van der Waals surface area contributed by atoms with Gasteiger partial charge in [0.25, 0.3) is 5.69 Å². The lowest BCUT2D eigenvalue weighted by atomic mass is 9.71. The number of nitro groups is 1. The van der Waals surface area contributed by atoms with Crippen LogP contribution in [0.25, 0.3) is 0 Å². The van der Waals surface area contributed by atoms with Crippen molar-refractivity contribution in [2.75, 3.05) is 0 Å². The molecular weight excluding hydrogens is 326 g/mol. The third kappa shape index (κ3) is 2.13. The molecule has 0 aromatic heterocycles. The van der Waals surface area contributed by atoms with Crippen LogP contribution in [-0.4, -0.2) is 39.0 Å². The van der Waals surface area contributed by atoms with Gasteiger partial charge in [-0.05, 0) is 24.6 Å². The molecule has 2 aliphatic heterocycles. The van der Waals surface area contributed by atoms with Crippen LogP contribution in [0.2, 0.25) is 0 Å². The van der Waals surface area contributed by atoms with Gasteiger partial charge in [-0.1, -0.05) is 18.6 Å². The minimum absolute atomic E-state index is 0.00430. The minimum Gasteiger partial charge on any atom is -0.443 e. The Balaban J connectivity index is 1.44. The molecule has 0 radical (unpaired) electrons. The third-order valence-corrected chi connectivity index (χ3v) is 5.32. The quantitative estimate of drug-likeness (QED) is 0.363. The predicted octanol–water partition coefficient (Wildman–Crippen LogP) is 2.25. The first-order valence-corrected chi connectivity index (χ1v) is 8.11. The Morgan fingerprint density at radius 1 is 1.32 bits per heavy atom. The molecule has 2 fully saturated rings. The lowest BCUT2D eigenvalue weighted by Gasteiger charge is -2.44. The third-order valence-electron chi connectivity index (χ3n) is 5.32. The Bertz CT molecular complexity index is 803. The summed E-state index contributed by atoms with van der Waals surface area (Å²) in [4.78, 5) is 34.8. The van der Waals surface area contributed by atoms with Gasteiger partial charge in [0.1, 0.15) is 6.61 Å². The summed E-state index contributed by atoms with van der Waals surface area (Å²) in [6.45, 7) is 3.90. The summed E-state index contributed by atoms with van der Waals surface area (Å²) in [6, 6.07) is 5.74. The monoisotopic (exact) mass is 343 g/mol. The molecule has 2 saturated heterocycles. The fourth-order valence-electron chi connectivity index (χ4n) is 3.95. The molecule has 2 heterocycles. The number of amides is 2. The van der Waals surface area contributed by atoms with Crippen LogP contribution in [-0.2, 0) is 16.1 Å². The Kier molecular flexibility index (Phi) is 3.31. The molecule has 3 aliphatic rings. The number of fused-ring (bicyclic) bond motifs is 3. The van der Waals surface area contributed by atoms with Crippen LogP contribution in [0.3, 0.4) is 0 Å². The Morgan fingerprint density at radius 3 is 2.60 bits per heavy atom. The van der Waals surface area contributed by atoms with Crippen molar-refractivity contribution in [1.82, 2.24) is 10.0 Å². The van der Waals surface area contributed by atoms with E-state index < -0.39 is 11.0 Å². The highest BCUT2D eigenvalue weighted by molar-refractivity contribution is 5.89. The summed E-state index contributed by atoms with van der Waals surface area (Å²) in [6.07, 6.45) is 1.41. The summed E-state index contributed by atoms with van der Waals surface area (Å²) in [5, 5.41) is 13.6. The number of hydrogen-bond acceptors (Lipinski definition) is 5. The summed E-state index contributed by atoms with van der Waals surface area (Å²) >= 11 is 0. The SMILES string of the molecule is CC1=C[C@@H]2[C@@H]1[C@@H]1[C@H](C)C(=O)N1N2C(=O)OCc1ccc([N+](=O)[O-])cc1. The molecule has 4 rings (SSSR count). The molecule has 0 N–H and O–H groups in total. The van der Waals surface area contributed by atoms with Gasteiger partial charge in [0.15, 0.2) is 0 Å². The van der Waals surface area contributed by atoms with E-state index in [2.05, 4.69) is 0 Å². The Morgan fingerprint density at radius 2 is 2.00 bits per heavy atom. The summed E-state index contributed by atoms with van der Waals surface area (Å²) < 4.78 is 5.33. The molecule has 1 aromatic rings. The first-order valence-electron chi connectivity index (χ1n) is 8.11. The fourth-order valence-corrected chi connectivity index (χ4v) is 3.95. The molecule has 25 heavy (non-hydrogen) atoms. The van der Waals surface area contributed by atoms with Crippen LogP contribution >= 0.6 is 0 Å². The van der Waals surface area contributed by atoms with Gasteiger partial charge in [-0.15, -0.1) is 0 Å². The van der Waals surface area contributed by atoms with Gasteiger partial charge in [0, 0.05) is 18.1 Å². The van der Waals surface area contributed by atoms with Crippen molar-refractivity contribution < 1.29 is 19.2 Å². The van der Waals surface area contributed by atoms with Crippen molar-refractivity contribution in [3.05, 3.63) is 51.6 Å². The molecule has 2 amide bonds. The van der Waals surface area contributed by atoms with Crippen LogP contribution in [0, 0.1) is 22.0 Å². The highest BCUT2D eigenvalue weighted by Gasteiger charge is 2.64. The molecular formula is C17H17N3O5. The van der Waals surface area contributed by atoms with E-state index in [0.717, 1.165) is 0 Å². The van der Waals surface area contributed by atoms with Gasteiger partial charge in [-0.3, -0.25) is 14.9 Å². The van der Waals surface area contributed by atoms with Gasteiger partial charge >= 0.3 is 6.09 Å². The topological polar surface area (TPSA) is 93.0 Å². The van der Waals surface area contributed by atoms with Crippen LogP contribution in [0.4, 0.5) is 10.5 Å². The molecule has 0 saturated carbocycles. The zero-order chi connectivity index (χ0) is 17.9. The lowest BCUT2D eigenvalue weighted by molar-refractivity contribution is -0.384. The van der Waals surface area contributed by atoms with Crippen molar-refractivity contribution in [2.45, 2.75) is 32.5 Å². The van der Waals surface area contributed by atoms with Crippen LogP contribution in [0.15, 0.2) is 35.9 Å². The van der Waals surface area contributed by atoms with E-state index in [1.54, 1.807) is 12.1 Å². The van der Waals surface area contributed by atoms with E-state index in [9.17, 15) is 19.7 Å². The number of nitrogens with zero attached hydrogens (tertiary/aromatic N) is 3. The second-order valence-electron chi connectivity index (χ2n) is 6.71. The zero-order valence-electron chi connectivity index (χ0n) is 13.8. The number of carbonyl (C=O) groups excluding carboxylic acids is 2. The Labute approximate surface area is 143 Å². The standard InChI is InChI=1S/C17H17N3O5/c1-9-7-13-14(9)15-10(2)16(21)19(15)18(13)17(22)25-8-11-3-5-12(6-4-11)20(23)24/h3-7,10,13-15H,8H2,1-2H3/t10-,13+,14+,15-/m0/s1. The highest BCUT2D eigenvalue weighted by Crippen LogP contribution is 2.51. The van der Waals surface area contributed by atoms with Gasteiger partial charge in [-0.2, -0.15) is 0 Å². The van der Waals surface area contributed by atoms with Crippen molar-refractivity contribution in [3.8, 4) is 0 Å². The molecule has 4 atom stereocenters. The van der Waals surface area contributed by atoms with Crippen molar-refractivity contribution in [3.63, 3.8) is 0 Å². The Hall–Kier alpha value is -2.90. The highest BCUT2D eigenvalue weighted by atomic mass is 16.6.